The summed E-state index contributed by atoms with van der Waals surface area (Å²) in [7, 11) is 0. The van der Waals surface area contributed by atoms with Gasteiger partial charge in [0.1, 0.15) is 6.61 Å². The molecule has 3 N–H and O–H groups in total. The number of hydrogen-bond donors (Lipinski definition) is 3. The second kappa shape index (κ2) is 15.3. The number of hydrogen-bond acceptors (Lipinski definition) is 6. The fourth-order valence-electron chi connectivity index (χ4n) is 5.54. The molecule has 2 aliphatic rings. The van der Waals surface area contributed by atoms with Crippen molar-refractivity contribution in [2.75, 3.05) is 46.6 Å². The van der Waals surface area contributed by atoms with Crippen molar-refractivity contribution in [3.8, 4) is 11.5 Å². The summed E-state index contributed by atoms with van der Waals surface area (Å²) in [5.74, 6) is -0.180. The maximum Gasteiger partial charge on any atom is 0.258 e. The topological polar surface area (TPSA) is 94.1 Å². The first kappa shape index (κ1) is 34.3. The van der Waals surface area contributed by atoms with Gasteiger partial charge in [-0.25, -0.2) is 0 Å². The monoisotopic (exact) mass is 734 g/mol. The Morgan fingerprint density at radius 3 is 1.55 bits per heavy atom. The highest BCUT2D eigenvalue weighted by Gasteiger charge is 2.26. The number of benzene rings is 5. The Balaban J connectivity index is 0.000000177. The zero-order valence-corrected chi connectivity index (χ0v) is 29.0. The summed E-state index contributed by atoms with van der Waals surface area (Å²) in [4.78, 5) is 29.2. The lowest BCUT2D eigenvalue weighted by atomic mass is 10.1. The molecule has 0 aromatic heterocycles. The maximum absolute atomic E-state index is 13.1. The van der Waals surface area contributed by atoms with Crippen molar-refractivity contribution in [2.45, 2.75) is 6.61 Å². The molecule has 7 rings (SSSR count). The van der Waals surface area contributed by atoms with Crippen LogP contribution in [0.25, 0.3) is 0 Å². The SMILES string of the molecule is O=C(c1cc(Cl)c(O)c(Cl)c1)N1CCNc2ccccc21.O=C(c1cc(Cl)c(OCc2ccccc2)c(Cl)c1)N1CCNc2ccccc21. The summed E-state index contributed by atoms with van der Waals surface area (Å²) in [5.41, 5.74) is 5.28. The Morgan fingerprint density at radius 2 is 1.06 bits per heavy atom. The molecule has 250 valence electrons. The van der Waals surface area contributed by atoms with Crippen LogP contribution in [0.2, 0.25) is 20.1 Å². The Morgan fingerprint density at radius 1 is 0.633 bits per heavy atom. The minimum absolute atomic E-state index is 0.0641. The minimum Gasteiger partial charge on any atom is -0.505 e. The first-order chi connectivity index (χ1) is 23.7. The Kier molecular flexibility index (Phi) is 10.7. The Labute approximate surface area is 303 Å². The molecule has 5 aromatic rings. The van der Waals surface area contributed by atoms with E-state index in [0.29, 0.717) is 59.7 Å². The summed E-state index contributed by atoms with van der Waals surface area (Å²) < 4.78 is 5.79. The van der Waals surface area contributed by atoms with Crippen LogP contribution in [0, 0.1) is 0 Å². The van der Waals surface area contributed by atoms with Crippen molar-refractivity contribution in [3.63, 3.8) is 0 Å². The van der Waals surface area contributed by atoms with Gasteiger partial charge in [0.2, 0.25) is 0 Å². The Bertz CT molecular complexity index is 1960. The van der Waals surface area contributed by atoms with Crippen LogP contribution in [0.1, 0.15) is 26.3 Å². The third-order valence-corrected chi connectivity index (χ3v) is 9.05. The first-order valence-electron chi connectivity index (χ1n) is 15.3. The average molecular weight is 736 g/mol. The number of nitrogens with zero attached hydrogens (tertiary/aromatic N) is 2. The standard InChI is InChI=1S/C22H18Cl2N2O2.C15H12Cl2N2O2/c23-17-12-16(13-18(24)21(17)28-14-15-6-2-1-3-7-15)22(27)26-11-10-25-19-8-4-5-9-20(19)26;16-10-7-9(8-11(17)14(10)20)15(21)19-6-5-18-12-3-1-2-4-13(12)19/h1-9,12-13,25H,10-11,14H2;1-4,7-8,18,20H,5-6H2. The Hall–Kier alpha value is -4.60. The number of anilines is 4. The van der Waals surface area contributed by atoms with Crippen LogP contribution in [0.15, 0.2) is 103 Å². The second-order valence-corrected chi connectivity index (χ2v) is 12.8. The lowest BCUT2D eigenvalue weighted by Crippen LogP contribution is -2.38. The number of phenolic OH excluding ortho intramolecular Hbond substituents is 1. The van der Waals surface area contributed by atoms with Gasteiger partial charge in [0.15, 0.2) is 11.5 Å². The molecule has 0 atom stereocenters. The molecule has 0 bridgehead atoms. The number of fused-ring (bicyclic) bond motifs is 2. The average Bonchev–Trinajstić information content (AvgIpc) is 3.13. The zero-order valence-electron chi connectivity index (χ0n) is 25.9. The first-order valence-corrected chi connectivity index (χ1v) is 16.9. The predicted molar refractivity (Wildman–Crippen MR) is 199 cm³/mol. The molecule has 5 aromatic carbocycles. The second-order valence-electron chi connectivity index (χ2n) is 11.1. The molecule has 8 nitrogen and oxygen atoms in total. The van der Waals surface area contributed by atoms with Crippen molar-refractivity contribution in [1.29, 1.82) is 0 Å². The summed E-state index contributed by atoms with van der Waals surface area (Å²) in [6, 6.07) is 31.1. The van der Waals surface area contributed by atoms with Crippen LogP contribution in [0.3, 0.4) is 0 Å². The van der Waals surface area contributed by atoms with Gasteiger partial charge >= 0.3 is 0 Å². The number of halogens is 4. The van der Waals surface area contributed by atoms with E-state index in [1.807, 2.05) is 78.9 Å². The number of carbonyl (C=O) groups is 2. The molecule has 0 radical (unpaired) electrons. The normalized spacial score (nSPS) is 13.1. The van der Waals surface area contributed by atoms with Gasteiger partial charge in [-0.2, -0.15) is 0 Å². The van der Waals surface area contributed by atoms with E-state index in [1.54, 1.807) is 21.9 Å². The predicted octanol–water partition coefficient (Wildman–Crippen LogP) is 9.42. The van der Waals surface area contributed by atoms with Crippen LogP contribution in [-0.2, 0) is 6.61 Å². The fraction of sp³-hybridized carbons (Fsp3) is 0.135. The van der Waals surface area contributed by atoms with E-state index in [9.17, 15) is 14.7 Å². The van der Waals surface area contributed by atoms with Gasteiger partial charge in [-0.15, -0.1) is 0 Å². The molecule has 0 fully saturated rings. The number of para-hydroxylation sites is 4. The molecular weight excluding hydrogens is 706 g/mol. The van der Waals surface area contributed by atoms with E-state index < -0.39 is 0 Å². The van der Waals surface area contributed by atoms with E-state index in [2.05, 4.69) is 10.6 Å². The van der Waals surface area contributed by atoms with E-state index in [1.165, 1.54) is 12.1 Å². The molecule has 2 heterocycles. The number of nitrogens with one attached hydrogen (secondary N) is 2. The number of phenols is 1. The highest BCUT2D eigenvalue weighted by Crippen LogP contribution is 2.37. The number of ether oxygens (including phenoxy) is 1. The lowest BCUT2D eigenvalue weighted by Gasteiger charge is -2.30. The smallest absolute Gasteiger partial charge is 0.258 e. The molecule has 2 amide bonds. The number of carbonyl (C=O) groups excluding carboxylic acids is 2. The summed E-state index contributed by atoms with van der Waals surface area (Å²) >= 11 is 24.6. The van der Waals surface area contributed by atoms with Crippen LogP contribution in [0.5, 0.6) is 11.5 Å². The van der Waals surface area contributed by atoms with Gasteiger partial charge in [-0.1, -0.05) is 101 Å². The maximum atomic E-state index is 13.1. The third-order valence-electron chi connectivity index (χ3n) is 7.92. The molecule has 12 heteroatoms. The van der Waals surface area contributed by atoms with Crippen LogP contribution in [-0.4, -0.2) is 43.1 Å². The highest BCUT2D eigenvalue weighted by molar-refractivity contribution is 6.38. The number of rotatable bonds is 5. The molecule has 0 aliphatic carbocycles. The van der Waals surface area contributed by atoms with E-state index in [4.69, 9.17) is 51.1 Å². The van der Waals surface area contributed by atoms with Gasteiger partial charge in [0, 0.05) is 37.3 Å². The number of aromatic hydroxyl groups is 1. The van der Waals surface area contributed by atoms with E-state index in [0.717, 1.165) is 28.3 Å². The fourth-order valence-corrected chi connectivity index (χ4v) is 6.62. The zero-order chi connectivity index (χ0) is 34.5. The molecule has 0 spiro atoms. The van der Waals surface area contributed by atoms with E-state index in [-0.39, 0.29) is 27.6 Å². The third kappa shape index (κ3) is 7.68. The van der Waals surface area contributed by atoms with Gasteiger partial charge in [-0.3, -0.25) is 9.59 Å². The largest absolute Gasteiger partial charge is 0.505 e. The molecule has 0 unspecified atom stereocenters. The van der Waals surface area contributed by atoms with Crippen molar-refractivity contribution in [1.82, 2.24) is 0 Å². The summed E-state index contributed by atoms with van der Waals surface area (Å²) in [5, 5.41) is 16.9. The molecular formula is C37H30Cl4N4O4. The van der Waals surface area contributed by atoms with Crippen molar-refractivity contribution < 1.29 is 19.4 Å². The van der Waals surface area contributed by atoms with Gasteiger partial charge in [0.05, 0.1) is 42.8 Å². The quantitative estimate of drug-likeness (QED) is 0.167. The summed E-state index contributed by atoms with van der Waals surface area (Å²) in [6.07, 6.45) is 0. The van der Waals surface area contributed by atoms with Crippen molar-refractivity contribution in [3.05, 3.63) is 140 Å². The molecule has 0 saturated heterocycles. The van der Waals surface area contributed by atoms with Gasteiger partial charge < -0.3 is 30.3 Å². The van der Waals surface area contributed by atoms with Crippen molar-refractivity contribution in [2.24, 2.45) is 0 Å². The van der Waals surface area contributed by atoms with Crippen LogP contribution in [0.4, 0.5) is 22.7 Å². The molecule has 0 saturated carbocycles. The minimum atomic E-state index is -0.212. The van der Waals surface area contributed by atoms with Gasteiger partial charge in [-0.05, 0) is 54.1 Å². The van der Waals surface area contributed by atoms with Gasteiger partial charge in [0.25, 0.3) is 11.8 Å². The number of amides is 2. The van der Waals surface area contributed by atoms with E-state index >= 15 is 0 Å². The molecule has 49 heavy (non-hydrogen) atoms. The van der Waals surface area contributed by atoms with Crippen molar-refractivity contribution >= 4 is 81.0 Å². The highest BCUT2D eigenvalue weighted by atomic mass is 35.5. The van der Waals surface area contributed by atoms with Crippen LogP contribution < -0.4 is 25.2 Å². The summed E-state index contributed by atoms with van der Waals surface area (Å²) in [6.45, 7) is 2.81. The molecule has 2 aliphatic heterocycles. The lowest BCUT2D eigenvalue weighted by molar-refractivity contribution is 0.0979. The van der Waals surface area contributed by atoms with Crippen LogP contribution >= 0.6 is 46.4 Å².